The molecule has 0 aliphatic carbocycles. The largest absolute Gasteiger partial charge is 0.339 e. The summed E-state index contributed by atoms with van der Waals surface area (Å²) in [6.07, 6.45) is 1.28. The summed E-state index contributed by atoms with van der Waals surface area (Å²) in [4.78, 5) is 35.2. The molecule has 0 bridgehead atoms. The smallest absolute Gasteiger partial charge is 0.281 e. The van der Waals surface area contributed by atoms with Crippen molar-refractivity contribution in [2.75, 3.05) is 13.1 Å². The molecular weight excluding hydrogens is 519 g/mol. The highest BCUT2D eigenvalue weighted by molar-refractivity contribution is 6.31. The van der Waals surface area contributed by atoms with E-state index in [9.17, 15) is 14.0 Å². The number of rotatable bonds is 5. The van der Waals surface area contributed by atoms with E-state index in [1.807, 2.05) is 59.5 Å². The number of likely N-dealkylation sites (tertiary alicyclic amines) is 1. The van der Waals surface area contributed by atoms with Crippen molar-refractivity contribution in [1.82, 2.24) is 29.9 Å². The molecule has 196 valence electrons. The molecule has 5 aromatic rings. The molecule has 39 heavy (non-hydrogen) atoms. The minimum Gasteiger partial charge on any atom is -0.339 e. The van der Waals surface area contributed by atoms with Crippen molar-refractivity contribution in [2.24, 2.45) is 0 Å². The van der Waals surface area contributed by atoms with Crippen molar-refractivity contribution >= 4 is 28.7 Å². The van der Waals surface area contributed by atoms with Crippen LogP contribution in [0, 0.1) is 5.82 Å². The van der Waals surface area contributed by atoms with Crippen LogP contribution < -0.4 is 5.56 Å². The zero-order valence-corrected chi connectivity index (χ0v) is 21.6. The highest BCUT2D eigenvalue weighted by Gasteiger charge is 2.27. The van der Waals surface area contributed by atoms with Crippen LogP contribution in [0.1, 0.15) is 40.5 Å². The van der Waals surface area contributed by atoms with Crippen LogP contribution in [0.5, 0.6) is 0 Å². The summed E-state index contributed by atoms with van der Waals surface area (Å²) in [5.41, 5.74) is 2.99. The van der Waals surface area contributed by atoms with E-state index >= 15 is 0 Å². The Morgan fingerprint density at radius 3 is 2.41 bits per heavy atom. The van der Waals surface area contributed by atoms with E-state index in [-0.39, 0.29) is 40.1 Å². The zero-order valence-electron chi connectivity index (χ0n) is 20.8. The SMILES string of the molecule is O=C(c1ccc(-c2ccccc2)cc1)N1CCC(c2nc3c(nnn3Cc3c(F)cccc3Cl)c(=O)[nH]2)CC1. The van der Waals surface area contributed by atoms with E-state index < -0.39 is 11.4 Å². The summed E-state index contributed by atoms with van der Waals surface area (Å²) in [6.45, 7) is 1.07. The maximum absolute atomic E-state index is 14.3. The molecule has 2 aromatic heterocycles. The highest BCUT2D eigenvalue weighted by Crippen LogP contribution is 2.28. The highest BCUT2D eigenvalue weighted by atomic mass is 35.5. The van der Waals surface area contributed by atoms with Gasteiger partial charge in [-0.1, -0.05) is 65.3 Å². The summed E-state index contributed by atoms with van der Waals surface area (Å²) in [6, 6.07) is 22.1. The van der Waals surface area contributed by atoms with Gasteiger partial charge in [-0.15, -0.1) is 5.10 Å². The average molecular weight is 543 g/mol. The monoisotopic (exact) mass is 542 g/mol. The molecule has 3 heterocycles. The number of aromatic nitrogens is 5. The number of hydrogen-bond acceptors (Lipinski definition) is 5. The van der Waals surface area contributed by atoms with Gasteiger partial charge < -0.3 is 9.88 Å². The van der Waals surface area contributed by atoms with Gasteiger partial charge in [-0.05, 0) is 48.2 Å². The molecule has 3 aromatic carbocycles. The second-order valence-electron chi connectivity index (χ2n) is 9.58. The lowest BCUT2D eigenvalue weighted by Crippen LogP contribution is -2.38. The molecule has 8 nitrogen and oxygen atoms in total. The molecule has 0 atom stereocenters. The number of carbonyl (C=O) groups is 1. The normalized spacial score (nSPS) is 14.2. The molecule has 6 rings (SSSR count). The number of hydrogen-bond donors (Lipinski definition) is 1. The van der Waals surface area contributed by atoms with Crippen molar-refractivity contribution in [2.45, 2.75) is 25.3 Å². The summed E-state index contributed by atoms with van der Waals surface area (Å²) in [7, 11) is 0. The Kier molecular flexibility index (Phi) is 6.66. The number of nitrogens with one attached hydrogen (secondary N) is 1. The van der Waals surface area contributed by atoms with Crippen LogP contribution in [0.4, 0.5) is 4.39 Å². The van der Waals surface area contributed by atoms with Crippen LogP contribution in [-0.4, -0.2) is 48.9 Å². The molecule has 1 aliphatic rings. The number of nitrogens with zero attached hydrogens (tertiary/aromatic N) is 5. The van der Waals surface area contributed by atoms with Crippen molar-refractivity contribution in [3.63, 3.8) is 0 Å². The van der Waals surface area contributed by atoms with Crippen LogP contribution >= 0.6 is 11.6 Å². The molecular formula is C29H24ClFN6O2. The van der Waals surface area contributed by atoms with Crippen LogP contribution in [0.3, 0.4) is 0 Å². The summed E-state index contributed by atoms with van der Waals surface area (Å²) in [5, 5.41) is 8.22. The number of piperidine rings is 1. The summed E-state index contributed by atoms with van der Waals surface area (Å²) in [5.74, 6) is -0.0287. The number of benzene rings is 3. The molecule has 1 saturated heterocycles. The Morgan fingerprint density at radius 1 is 0.974 bits per heavy atom. The van der Waals surface area contributed by atoms with Gasteiger partial charge in [0.25, 0.3) is 11.5 Å². The molecule has 1 N–H and O–H groups in total. The topological polar surface area (TPSA) is 96.8 Å². The van der Waals surface area contributed by atoms with Crippen LogP contribution in [0.2, 0.25) is 5.02 Å². The van der Waals surface area contributed by atoms with E-state index in [2.05, 4.69) is 20.3 Å². The van der Waals surface area contributed by atoms with Gasteiger partial charge in [0.05, 0.1) is 6.54 Å². The van der Waals surface area contributed by atoms with Gasteiger partial charge >= 0.3 is 0 Å². The second kappa shape index (κ2) is 10.4. The molecule has 1 aliphatic heterocycles. The summed E-state index contributed by atoms with van der Waals surface area (Å²) >= 11 is 6.18. The molecule has 0 unspecified atom stereocenters. The third kappa shape index (κ3) is 4.93. The van der Waals surface area contributed by atoms with Crippen molar-refractivity contribution in [3.8, 4) is 11.1 Å². The van der Waals surface area contributed by atoms with Gasteiger partial charge in [-0.25, -0.2) is 14.1 Å². The quantitative estimate of drug-likeness (QED) is 0.335. The Labute approximate surface area is 228 Å². The number of fused-ring (bicyclic) bond motifs is 1. The first-order valence-corrected chi connectivity index (χ1v) is 13.1. The van der Waals surface area contributed by atoms with Crippen molar-refractivity contribution in [1.29, 1.82) is 0 Å². The fraction of sp³-hybridized carbons (Fsp3) is 0.207. The third-order valence-corrected chi connectivity index (χ3v) is 7.52. The molecule has 0 spiro atoms. The molecule has 0 saturated carbocycles. The summed E-state index contributed by atoms with van der Waals surface area (Å²) < 4.78 is 15.7. The fourth-order valence-electron chi connectivity index (χ4n) is 4.99. The van der Waals surface area contributed by atoms with Crippen LogP contribution in [-0.2, 0) is 6.54 Å². The lowest BCUT2D eigenvalue weighted by atomic mass is 9.95. The van der Waals surface area contributed by atoms with E-state index in [1.165, 1.54) is 16.8 Å². The Hall–Kier alpha value is -4.37. The second-order valence-corrected chi connectivity index (χ2v) is 9.99. The average Bonchev–Trinajstić information content (AvgIpc) is 3.38. The van der Waals surface area contributed by atoms with E-state index in [1.54, 1.807) is 6.07 Å². The first kappa shape index (κ1) is 24.9. The number of halogens is 2. The Balaban J connectivity index is 1.17. The van der Waals surface area contributed by atoms with Gasteiger partial charge in [0.2, 0.25) is 0 Å². The zero-order chi connectivity index (χ0) is 26.9. The van der Waals surface area contributed by atoms with E-state index in [4.69, 9.17) is 11.6 Å². The Bertz CT molecular complexity index is 1690. The van der Waals surface area contributed by atoms with E-state index in [0.29, 0.717) is 37.3 Å². The van der Waals surface area contributed by atoms with Crippen LogP contribution in [0.25, 0.3) is 22.3 Å². The van der Waals surface area contributed by atoms with Crippen molar-refractivity contribution < 1.29 is 9.18 Å². The Morgan fingerprint density at radius 2 is 1.69 bits per heavy atom. The van der Waals surface area contributed by atoms with Gasteiger partial charge in [0.15, 0.2) is 11.2 Å². The maximum atomic E-state index is 14.3. The molecule has 1 fully saturated rings. The van der Waals surface area contributed by atoms with Gasteiger partial charge in [-0.3, -0.25) is 9.59 Å². The lowest BCUT2D eigenvalue weighted by molar-refractivity contribution is 0.0711. The lowest BCUT2D eigenvalue weighted by Gasteiger charge is -2.31. The number of H-pyrrole nitrogens is 1. The molecule has 1 amide bonds. The molecule has 10 heteroatoms. The third-order valence-electron chi connectivity index (χ3n) is 7.17. The van der Waals surface area contributed by atoms with Crippen molar-refractivity contribution in [3.05, 3.63) is 111 Å². The predicted octanol–water partition coefficient (Wildman–Crippen LogP) is 5.04. The molecule has 0 radical (unpaired) electrons. The fourth-order valence-corrected chi connectivity index (χ4v) is 5.21. The first-order valence-electron chi connectivity index (χ1n) is 12.7. The minimum atomic E-state index is -0.469. The number of amides is 1. The minimum absolute atomic E-state index is 0.00604. The van der Waals surface area contributed by atoms with E-state index in [0.717, 1.165) is 11.1 Å². The standard InChI is InChI=1S/C29H24ClFN6O2/c30-23-7-4-8-24(31)22(23)17-37-27-25(34-35-37)28(38)33-26(32-27)20-13-15-36(16-14-20)29(39)21-11-9-19(10-12-21)18-5-2-1-3-6-18/h1-12,20H,13-17H2,(H,32,33,38). The van der Waals surface area contributed by atoms with Crippen LogP contribution in [0.15, 0.2) is 77.6 Å². The van der Waals surface area contributed by atoms with Gasteiger partial charge in [-0.2, -0.15) is 0 Å². The predicted molar refractivity (Wildman–Crippen MR) is 146 cm³/mol. The maximum Gasteiger partial charge on any atom is 0.281 e. The van der Waals surface area contributed by atoms with Gasteiger partial charge in [0, 0.05) is 35.2 Å². The number of aromatic amines is 1. The first-order chi connectivity index (χ1) is 19.0. The number of carbonyl (C=O) groups excluding carboxylic acids is 1. The van der Waals surface area contributed by atoms with Gasteiger partial charge in [0.1, 0.15) is 11.6 Å².